The van der Waals surface area contributed by atoms with E-state index in [9.17, 15) is 4.79 Å². The molecule has 0 fully saturated rings. The third-order valence-electron chi connectivity index (χ3n) is 3.84. The molecule has 1 heterocycles. The number of aryl methyl sites for hydroxylation is 1. The smallest absolute Gasteiger partial charge is 0.338 e. The molecule has 3 rings (SSSR count). The van der Waals surface area contributed by atoms with Gasteiger partial charge >= 0.3 is 5.97 Å². The maximum absolute atomic E-state index is 11.9. The number of esters is 1. The fraction of sp³-hybridized carbons (Fsp3) is 0.200. The molecule has 3 aromatic rings. The quantitative estimate of drug-likeness (QED) is 0.628. The van der Waals surface area contributed by atoms with E-state index in [1.807, 2.05) is 51.1 Å². The summed E-state index contributed by atoms with van der Waals surface area (Å²) in [6.07, 6.45) is 1.62. The third-order valence-corrected chi connectivity index (χ3v) is 4.25. The Hall–Kier alpha value is -2.59. The molecule has 5 heteroatoms. The summed E-state index contributed by atoms with van der Waals surface area (Å²) in [6, 6.07) is 12.9. The number of halogens is 1. The van der Waals surface area contributed by atoms with E-state index in [4.69, 9.17) is 16.3 Å². The van der Waals surface area contributed by atoms with Crippen molar-refractivity contribution in [2.45, 2.75) is 26.9 Å². The standard InChI is InChI=1S/C20H19ClN2O2/c1-12(2)25-20(24)14-4-6-15(7-5-14)23-18-10-11-22-19-13(3)17(21)9-8-16(18)19/h4-12H,1-3H3,(H,22,23). The van der Waals surface area contributed by atoms with Gasteiger partial charge in [-0.25, -0.2) is 4.79 Å². The molecule has 0 unspecified atom stereocenters. The Morgan fingerprint density at radius 1 is 1.12 bits per heavy atom. The van der Waals surface area contributed by atoms with Gasteiger partial charge in [0.1, 0.15) is 0 Å². The highest BCUT2D eigenvalue weighted by molar-refractivity contribution is 6.32. The molecule has 4 nitrogen and oxygen atoms in total. The fourth-order valence-corrected chi connectivity index (χ4v) is 2.72. The summed E-state index contributed by atoms with van der Waals surface area (Å²) in [5, 5.41) is 5.06. The van der Waals surface area contributed by atoms with Crippen molar-refractivity contribution >= 4 is 39.8 Å². The van der Waals surface area contributed by atoms with Crippen LogP contribution in [0.15, 0.2) is 48.7 Å². The van der Waals surface area contributed by atoms with Crippen LogP contribution in [-0.4, -0.2) is 17.1 Å². The number of aromatic nitrogens is 1. The second kappa shape index (κ2) is 7.11. The Morgan fingerprint density at radius 2 is 1.84 bits per heavy atom. The number of carbonyl (C=O) groups excluding carboxylic acids is 1. The summed E-state index contributed by atoms with van der Waals surface area (Å²) < 4.78 is 5.20. The van der Waals surface area contributed by atoms with Crippen LogP contribution in [0.1, 0.15) is 29.8 Å². The number of nitrogens with one attached hydrogen (secondary N) is 1. The van der Waals surface area contributed by atoms with E-state index in [1.165, 1.54) is 0 Å². The maximum atomic E-state index is 11.9. The van der Waals surface area contributed by atoms with E-state index in [2.05, 4.69) is 10.3 Å². The molecule has 0 saturated carbocycles. The lowest BCUT2D eigenvalue weighted by Gasteiger charge is -2.12. The number of hydrogen-bond donors (Lipinski definition) is 1. The lowest BCUT2D eigenvalue weighted by Crippen LogP contribution is -2.11. The van der Waals surface area contributed by atoms with Crippen LogP contribution in [0.3, 0.4) is 0 Å². The Kier molecular flexibility index (Phi) is 4.91. The average molecular weight is 355 g/mol. The first-order valence-corrected chi connectivity index (χ1v) is 8.45. The molecule has 0 aliphatic carbocycles. The molecule has 128 valence electrons. The van der Waals surface area contributed by atoms with Gasteiger partial charge in [-0.05, 0) is 68.8 Å². The Labute approximate surface area is 151 Å². The van der Waals surface area contributed by atoms with Gasteiger partial charge in [0.05, 0.1) is 17.2 Å². The minimum absolute atomic E-state index is 0.136. The normalized spacial score (nSPS) is 10.9. The molecular formula is C20H19ClN2O2. The Balaban J connectivity index is 1.87. The van der Waals surface area contributed by atoms with E-state index in [0.717, 1.165) is 27.8 Å². The van der Waals surface area contributed by atoms with Gasteiger partial charge in [-0.1, -0.05) is 11.6 Å². The Morgan fingerprint density at radius 3 is 2.52 bits per heavy atom. The first-order valence-electron chi connectivity index (χ1n) is 8.07. The highest BCUT2D eigenvalue weighted by atomic mass is 35.5. The zero-order chi connectivity index (χ0) is 18.0. The first kappa shape index (κ1) is 17.2. The summed E-state index contributed by atoms with van der Waals surface area (Å²) in [7, 11) is 0. The minimum atomic E-state index is -0.318. The summed E-state index contributed by atoms with van der Waals surface area (Å²) in [4.78, 5) is 16.3. The fourth-order valence-electron chi connectivity index (χ4n) is 2.57. The molecule has 0 atom stereocenters. The van der Waals surface area contributed by atoms with Crippen LogP contribution in [0.25, 0.3) is 10.9 Å². The van der Waals surface area contributed by atoms with Gasteiger partial charge in [0.2, 0.25) is 0 Å². The van der Waals surface area contributed by atoms with Gasteiger partial charge in [0.15, 0.2) is 0 Å². The van der Waals surface area contributed by atoms with Crippen molar-refractivity contribution in [1.29, 1.82) is 0 Å². The number of fused-ring (bicyclic) bond motifs is 1. The van der Waals surface area contributed by atoms with Crippen LogP contribution in [0, 0.1) is 6.92 Å². The van der Waals surface area contributed by atoms with Gasteiger partial charge in [-0.2, -0.15) is 0 Å². The molecule has 0 aliphatic heterocycles. The van der Waals surface area contributed by atoms with E-state index >= 15 is 0 Å². The van der Waals surface area contributed by atoms with E-state index in [1.54, 1.807) is 18.3 Å². The highest BCUT2D eigenvalue weighted by Gasteiger charge is 2.10. The molecule has 0 amide bonds. The average Bonchev–Trinajstić information content (AvgIpc) is 2.58. The zero-order valence-corrected chi connectivity index (χ0v) is 15.1. The zero-order valence-electron chi connectivity index (χ0n) is 14.3. The molecular weight excluding hydrogens is 336 g/mol. The monoisotopic (exact) mass is 354 g/mol. The molecule has 0 radical (unpaired) electrons. The minimum Gasteiger partial charge on any atom is -0.459 e. The molecule has 2 aromatic carbocycles. The van der Waals surface area contributed by atoms with Gasteiger partial charge in [0.25, 0.3) is 0 Å². The molecule has 1 N–H and O–H groups in total. The van der Waals surface area contributed by atoms with Crippen molar-refractivity contribution in [1.82, 2.24) is 4.98 Å². The number of benzene rings is 2. The molecule has 1 aromatic heterocycles. The van der Waals surface area contributed by atoms with Crippen molar-refractivity contribution in [3.05, 3.63) is 64.8 Å². The topological polar surface area (TPSA) is 51.2 Å². The van der Waals surface area contributed by atoms with Gasteiger partial charge < -0.3 is 10.1 Å². The van der Waals surface area contributed by atoms with Crippen molar-refractivity contribution in [3.8, 4) is 0 Å². The molecule has 0 saturated heterocycles. The van der Waals surface area contributed by atoms with Crippen LogP contribution in [-0.2, 0) is 4.74 Å². The first-order chi connectivity index (χ1) is 12.0. The van der Waals surface area contributed by atoms with Crippen LogP contribution in [0.4, 0.5) is 11.4 Å². The van der Waals surface area contributed by atoms with Gasteiger partial charge in [-0.3, -0.25) is 4.98 Å². The Bertz CT molecular complexity index is 921. The molecule has 0 aliphatic rings. The lowest BCUT2D eigenvalue weighted by molar-refractivity contribution is 0.0378. The number of ether oxygens (including phenoxy) is 1. The SMILES string of the molecule is Cc1c(Cl)ccc2c(Nc3ccc(C(=O)OC(C)C)cc3)ccnc12. The van der Waals surface area contributed by atoms with Gasteiger partial charge in [0, 0.05) is 28.0 Å². The van der Waals surface area contributed by atoms with Crippen LogP contribution >= 0.6 is 11.6 Å². The number of nitrogens with zero attached hydrogens (tertiary/aromatic N) is 1. The van der Waals surface area contributed by atoms with Crippen molar-refractivity contribution in [2.24, 2.45) is 0 Å². The number of pyridine rings is 1. The van der Waals surface area contributed by atoms with E-state index < -0.39 is 0 Å². The lowest BCUT2D eigenvalue weighted by atomic mass is 10.1. The number of hydrogen-bond acceptors (Lipinski definition) is 4. The largest absolute Gasteiger partial charge is 0.459 e. The van der Waals surface area contributed by atoms with Crippen LogP contribution < -0.4 is 5.32 Å². The highest BCUT2D eigenvalue weighted by Crippen LogP contribution is 2.30. The van der Waals surface area contributed by atoms with Gasteiger partial charge in [-0.15, -0.1) is 0 Å². The molecule has 0 spiro atoms. The van der Waals surface area contributed by atoms with Crippen LogP contribution in [0.2, 0.25) is 5.02 Å². The van der Waals surface area contributed by atoms with Crippen molar-refractivity contribution in [3.63, 3.8) is 0 Å². The summed E-state index contributed by atoms with van der Waals surface area (Å²) in [5.74, 6) is -0.318. The predicted molar refractivity (Wildman–Crippen MR) is 102 cm³/mol. The third kappa shape index (κ3) is 3.74. The van der Waals surface area contributed by atoms with Crippen molar-refractivity contribution < 1.29 is 9.53 Å². The maximum Gasteiger partial charge on any atom is 0.338 e. The second-order valence-electron chi connectivity index (χ2n) is 6.08. The van der Waals surface area contributed by atoms with E-state index in [0.29, 0.717) is 10.6 Å². The van der Waals surface area contributed by atoms with E-state index in [-0.39, 0.29) is 12.1 Å². The molecule has 0 bridgehead atoms. The predicted octanol–water partition coefficient (Wildman–Crippen LogP) is 5.51. The second-order valence-corrected chi connectivity index (χ2v) is 6.49. The van der Waals surface area contributed by atoms with Crippen molar-refractivity contribution in [2.75, 3.05) is 5.32 Å². The summed E-state index contributed by atoms with van der Waals surface area (Å²) in [5.41, 5.74) is 4.16. The number of anilines is 2. The molecule has 25 heavy (non-hydrogen) atoms. The summed E-state index contributed by atoms with van der Waals surface area (Å²) in [6.45, 7) is 5.61. The number of rotatable bonds is 4. The van der Waals surface area contributed by atoms with Crippen LogP contribution in [0.5, 0.6) is 0 Å². The summed E-state index contributed by atoms with van der Waals surface area (Å²) >= 11 is 6.18. The number of carbonyl (C=O) groups is 1.